The maximum atomic E-state index is 15.0. The zero-order valence-electron chi connectivity index (χ0n) is 46.3. The Labute approximate surface area is 450 Å². The molecule has 6 N–H and O–H groups in total. The second-order valence-electron chi connectivity index (χ2n) is 23.1. The number of para-hydroxylation sites is 1. The van der Waals surface area contributed by atoms with E-state index in [0.717, 1.165) is 28.7 Å². The van der Waals surface area contributed by atoms with Crippen LogP contribution in [0.15, 0.2) is 76.8 Å². The van der Waals surface area contributed by atoms with Gasteiger partial charge in [-0.05, 0) is 57.1 Å². The molecule has 1 aliphatic carbocycles. The van der Waals surface area contributed by atoms with E-state index in [1.807, 2.05) is 38.1 Å². The normalized spacial score (nSPS) is 30.6. The number of benzene rings is 2. The van der Waals surface area contributed by atoms with Crippen molar-refractivity contribution in [1.29, 1.82) is 0 Å². The fourth-order valence-electron chi connectivity index (χ4n) is 12.3. The van der Waals surface area contributed by atoms with E-state index in [-0.39, 0.29) is 56.6 Å². The smallest absolute Gasteiger partial charge is 0.318 e. The number of Topliss-reactive ketones (excluding diaryl/α,β-unsaturated/α-hetero) is 2. The van der Waals surface area contributed by atoms with Gasteiger partial charge in [0.2, 0.25) is 11.7 Å². The molecule has 2 amide bonds. The predicted molar refractivity (Wildman–Crippen MR) is 291 cm³/mol. The molecule has 5 bridgehead atoms. The lowest BCUT2D eigenvalue weighted by molar-refractivity contribution is -0.169. The van der Waals surface area contributed by atoms with Crippen LogP contribution in [0.4, 0.5) is 0 Å². The molecule has 1 unspecified atom stereocenters. The molecule has 7 aliphatic rings. The number of aliphatic hydroxyl groups excluding tert-OH is 2. The molecule has 1 saturated heterocycles. The molecule has 77 heavy (non-hydrogen) atoms. The third-order valence-corrected chi connectivity index (χ3v) is 17.2. The molecular weight excluding hydrogens is 981 g/mol. The van der Waals surface area contributed by atoms with E-state index in [1.165, 1.54) is 13.2 Å². The van der Waals surface area contributed by atoms with Gasteiger partial charge in [-0.2, -0.15) is 0 Å². The first-order valence-corrected chi connectivity index (χ1v) is 27.5. The maximum Gasteiger partial charge on any atom is 0.318 e. The van der Waals surface area contributed by atoms with Gasteiger partial charge in [0, 0.05) is 116 Å². The van der Waals surface area contributed by atoms with Gasteiger partial charge in [0.1, 0.15) is 34.9 Å². The molecule has 10 atom stereocenters. The van der Waals surface area contributed by atoms with Gasteiger partial charge in [0.05, 0.1) is 41.0 Å². The molecule has 7 heterocycles. The molecule has 17 heteroatoms. The number of piperidine rings is 1. The van der Waals surface area contributed by atoms with Crippen LogP contribution in [0.5, 0.6) is 11.5 Å². The summed E-state index contributed by atoms with van der Waals surface area (Å²) < 4.78 is 19.1. The van der Waals surface area contributed by atoms with Crippen molar-refractivity contribution in [2.75, 3.05) is 26.2 Å². The Morgan fingerprint density at radius 2 is 1.64 bits per heavy atom. The molecule has 17 nitrogen and oxygen atoms in total. The van der Waals surface area contributed by atoms with Gasteiger partial charge in [-0.1, -0.05) is 84.9 Å². The Kier molecular flexibility index (Phi) is 15.3. The summed E-state index contributed by atoms with van der Waals surface area (Å²) in [5.41, 5.74) is 2.82. The van der Waals surface area contributed by atoms with Gasteiger partial charge in [0.15, 0.2) is 0 Å². The topological polar surface area (TPSA) is 232 Å². The van der Waals surface area contributed by atoms with Gasteiger partial charge in [-0.3, -0.25) is 29.0 Å². The van der Waals surface area contributed by atoms with E-state index >= 15 is 4.79 Å². The summed E-state index contributed by atoms with van der Waals surface area (Å²) in [7, 11) is 0. The first-order valence-electron chi connectivity index (χ1n) is 27.5. The monoisotopic (exact) mass is 1060 g/mol. The number of likely N-dealkylation sites (tertiary alicyclic amines) is 1. The third kappa shape index (κ3) is 10.0. The van der Waals surface area contributed by atoms with E-state index < -0.39 is 94.5 Å². The number of esters is 1. The predicted octanol–water partition coefficient (Wildman–Crippen LogP) is 7.31. The number of aliphatic hydroxyl groups is 2. The minimum atomic E-state index is -1.99. The first kappa shape index (κ1) is 55.2. The number of carbonyl (C=O) groups excluding carboxylic acids is 5. The van der Waals surface area contributed by atoms with Crippen molar-refractivity contribution in [2.45, 2.75) is 138 Å². The molecule has 6 aliphatic heterocycles. The van der Waals surface area contributed by atoms with Gasteiger partial charge >= 0.3 is 11.8 Å². The Morgan fingerprint density at radius 1 is 0.922 bits per heavy atom. The molecule has 2 aromatic carbocycles. The number of ether oxygens (including phenoxy) is 3. The maximum absolute atomic E-state index is 15.0. The minimum absolute atomic E-state index is 0.0173. The van der Waals surface area contributed by atoms with Crippen molar-refractivity contribution in [1.82, 2.24) is 25.4 Å². The Bertz CT molecular complexity index is 3050. The number of ketones is 2. The summed E-state index contributed by atoms with van der Waals surface area (Å²) in [6.07, 6.45) is 6.95. The molecule has 1 aromatic heterocycles. The SMILES string of the molecule is CC[C@H]1/C=C/O[C@@]2(C)Oc3c(C)c(O)c4c(c3C2=O)C2=NC3(CCN(CC(C)C)CC3)NC2=C(NC(=O)/C(C)=C\C=C\[C@H](C)[C@H](O)[C@@H](C)[C@@H](O)[C@@H](C)[C@H](OC(=O)C(C)C(=O)N2CCc3[nH]c5ccccc5c3C2)[C@@H]1C)C4=O. The Balaban J connectivity index is 1.06. The number of nitrogens with zero attached hydrogens (tertiary/aromatic N) is 3. The number of phenols is 1. The molecular formula is C60H76N6O11. The van der Waals surface area contributed by atoms with Crippen molar-refractivity contribution in [3.8, 4) is 11.5 Å². The second-order valence-corrected chi connectivity index (χ2v) is 23.1. The van der Waals surface area contributed by atoms with Gasteiger partial charge < -0.3 is 54.9 Å². The van der Waals surface area contributed by atoms with Crippen LogP contribution in [-0.4, -0.2) is 121 Å². The lowest BCUT2D eigenvalue weighted by Gasteiger charge is -2.39. The molecule has 0 radical (unpaired) electrons. The number of carbonyl (C=O) groups is 5. The number of rotatable bonds is 6. The van der Waals surface area contributed by atoms with Crippen molar-refractivity contribution in [2.24, 2.45) is 46.4 Å². The van der Waals surface area contributed by atoms with Crippen LogP contribution >= 0.6 is 0 Å². The zero-order chi connectivity index (χ0) is 55.6. The number of aliphatic imine (C=N–C) groups is 1. The second kappa shape index (κ2) is 21.3. The number of amides is 2. The minimum Gasteiger partial charge on any atom is -0.507 e. The van der Waals surface area contributed by atoms with Crippen molar-refractivity contribution < 1.29 is 53.5 Å². The molecule has 10 rings (SSSR count). The van der Waals surface area contributed by atoms with E-state index in [2.05, 4.69) is 34.4 Å². The largest absolute Gasteiger partial charge is 0.507 e. The Hall–Kier alpha value is -6.56. The fourth-order valence-corrected chi connectivity index (χ4v) is 12.3. The fraction of sp³-hybridized carbons (Fsp3) is 0.533. The van der Waals surface area contributed by atoms with E-state index in [0.29, 0.717) is 57.8 Å². The highest BCUT2D eigenvalue weighted by atomic mass is 16.7. The number of fused-ring (bicyclic) bond motifs is 16. The van der Waals surface area contributed by atoms with Crippen LogP contribution in [0.3, 0.4) is 0 Å². The highest BCUT2D eigenvalue weighted by molar-refractivity contribution is 6.34. The first-order chi connectivity index (χ1) is 36.5. The average Bonchev–Trinajstić information content (AvgIpc) is 4.10. The molecule has 0 saturated carbocycles. The Morgan fingerprint density at radius 3 is 2.34 bits per heavy atom. The zero-order valence-corrected chi connectivity index (χ0v) is 46.3. The van der Waals surface area contributed by atoms with Crippen molar-refractivity contribution in [3.63, 3.8) is 0 Å². The number of hydrogen-bond acceptors (Lipinski definition) is 14. The van der Waals surface area contributed by atoms with Crippen molar-refractivity contribution >= 4 is 46.0 Å². The average molecular weight is 1060 g/mol. The van der Waals surface area contributed by atoms with E-state index in [1.54, 1.807) is 70.7 Å². The lowest BCUT2D eigenvalue weighted by atomic mass is 9.76. The van der Waals surface area contributed by atoms with Crippen LogP contribution in [0.1, 0.15) is 132 Å². The number of allylic oxidation sites excluding steroid dienone is 5. The highest BCUT2D eigenvalue weighted by Crippen LogP contribution is 2.50. The number of aromatic hydroxyl groups is 1. The molecule has 1 fully saturated rings. The van der Waals surface area contributed by atoms with Gasteiger partial charge in [-0.15, -0.1) is 0 Å². The van der Waals surface area contributed by atoms with E-state index in [9.17, 15) is 34.5 Å². The van der Waals surface area contributed by atoms with Crippen LogP contribution in [0.25, 0.3) is 10.9 Å². The van der Waals surface area contributed by atoms with Gasteiger partial charge in [-0.25, -0.2) is 0 Å². The van der Waals surface area contributed by atoms with Crippen LogP contribution < -0.4 is 15.4 Å². The number of aromatic nitrogens is 1. The number of nitrogens with one attached hydrogen (secondary N) is 3. The lowest BCUT2D eigenvalue weighted by Crippen LogP contribution is -2.50. The summed E-state index contributed by atoms with van der Waals surface area (Å²) in [4.78, 5) is 85.4. The number of phenolic OH excluding ortho intramolecular Hbond substituents is 1. The van der Waals surface area contributed by atoms with Crippen molar-refractivity contribution in [3.05, 3.63) is 105 Å². The summed E-state index contributed by atoms with van der Waals surface area (Å²) in [6, 6.07) is 7.93. The standard InChI is InChI=1S/C60H76N6O11/c1-12-38-21-27-75-59(11)55(71)45-43-44(51(69)36(9)54(45)77-59)52(70)48(47-46(43)63-60(64-47)22-25-65(26-23-60)28-30(2)3)62-56(72)32(5)17-15-16-31(4)49(67)34(7)50(68)35(8)53(33(38)6)76-58(74)37(10)57(73)66-24-20-42-40(29-66)39-18-13-14-19-41(39)61-42/h13-19,21,27,30-31,33-35,37-38,49-50,53,61,64,67-69H,12,20,22-26,28-29H2,1-11H3,(H,62,72)/b16-15+,27-21+,32-17-/t31-,33+,34+,35+,37?,38-,49-,50+,53+,59-/m0/s1. The number of H-pyrrole nitrogens is 1. The van der Waals surface area contributed by atoms with Crippen LogP contribution in [0, 0.1) is 48.3 Å². The summed E-state index contributed by atoms with van der Waals surface area (Å²) in [5, 5.41) is 43.3. The van der Waals surface area contributed by atoms with E-state index in [4.69, 9.17) is 19.2 Å². The molecule has 412 valence electrons. The summed E-state index contributed by atoms with van der Waals surface area (Å²) >= 11 is 0. The number of hydrogen-bond donors (Lipinski definition) is 6. The number of aromatic amines is 1. The molecule has 1 spiro atoms. The quantitative estimate of drug-likeness (QED) is 0.105. The molecule has 3 aromatic rings. The summed E-state index contributed by atoms with van der Waals surface area (Å²) in [6.45, 7) is 22.6. The highest BCUT2D eigenvalue weighted by Gasteiger charge is 2.54. The van der Waals surface area contributed by atoms with Crippen LogP contribution in [-0.2, 0) is 36.8 Å². The van der Waals surface area contributed by atoms with Gasteiger partial charge in [0.25, 0.3) is 11.7 Å². The van der Waals surface area contributed by atoms with Crippen LogP contribution in [0.2, 0.25) is 0 Å². The summed E-state index contributed by atoms with van der Waals surface area (Å²) in [5.74, 6) is -9.16. The third-order valence-electron chi connectivity index (χ3n) is 17.2.